The van der Waals surface area contributed by atoms with Crippen molar-refractivity contribution in [1.29, 1.82) is 0 Å². The van der Waals surface area contributed by atoms with Gasteiger partial charge in [0.05, 0.1) is 34.9 Å². The molecule has 0 amide bonds. The van der Waals surface area contributed by atoms with Crippen molar-refractivity contribution in [2.24, 2.45) is 10.9 Å². The standard InChI is InChI=1S/C30H34ClN3O6S/c1-21(35)39-19-30-17-26(41(37,38)25-5-3-22-14-24(31)4-2-23(22)15-25)16-28(36)27(30)18-29(40-30)6-10-33(11-7-29)20-34-12-8-32-9-13-34/h2-5,8-9,12,14-15,26-27H,6-7,10-11,13,16-20H2,1H3. The molecule has 3 fully saturated rings. The molecule has 3 unspecified atom stereocenters. The van der Waals surface area contributed by atoms with Crippen LogP contribution in [0.15, 0.2) is 58.7 Å². The zero-order valence-corrected chi connectivity index (χ0v) is 24.6. The summed E-state index contributed by atoms with van der Waals surface area (Å²) in [5, 5.41) is 1.18. The Balaban J connectivity index is 1.24. The van der Waals surface area contributed by atoms with Crippen LogP contribution in [0.2, 0.25) is 5.02 Å². The minimum Gasteiger partial charge on any atom is -0.463 e. The average molecular weight is 600 g/mol. The van der Waals surface area contributed by atoms with Crippen LogP contribution in [0.25, 0.3) is 10.8 Å². The molecule has 11 heteroatoms. The number of ketones is 1. The summed E-state index contributed by atoms with van der Waals surface area (Å²) in [6.07, 6.45) is 7.59. The Morgan fingerprint density at radius 3 is 2.63 bits per heavy atom. The lowest BCUT2D eigenvalue weighted by atomic mass is 9.72. The topological polar surface area (TPSA) is 106 Å². The summed E-state index contributed by atoms with van der Waals surface area (Å²) in [7, 11) is -3.88. The highest BCUT2D eigenvalue weighted by molar-refractivity contribution is 7.92. The summed E-state index contributed by atoms with van der Waals surface area (Å²) >= 11 is 6.10. The smallest absolute Gasteiger partial charge is 0.302 e. The van der Waals surface area contributed by atoms with Gasteiger partial charge < -0.3 is 14.4 Å². The Labute approximate surface area is 245 Å². The van der Waals surface area contributed by atoms with Crippen LogP contribution in [0.1, 0.15) is 39.0 Å². The number of hydrogen-bond acceptors (Lipinski definition) is 9. The van der Waals surface area contributed by atoms with Crippen LogP contribution < -0.4 is 0 Å². The highest BCUT2D eigenvalue weighted by Crippen LogP contribution is 2.54. The zero-order valence-electron chi connectivity index (χ0n) is 23.0. The molecule has 218 valence electrons. The monoisotopic (exact) mass is 599 g/mol. The van der Waals surface area contributed by atoms with Crippen LogP contribution in [0, 0.1) is 5.92 Å². The lowest BCUT2D eigenvalue weighted by Gasteiger charge is -2.43. The van der Waals surface area contributed by atoms with Gasteiger partial charge in [0.1, 0.15) is 18.0 Å². The maximum absolute atomic E-state index is 13.9. The molecule has 3 aliphatic heterocycles. The average Bonchev–Trinajstić information content (AvgIpc) is 3.28. The number of esters is 1. The number of piperidine rings is 1. The summed E-state index contributed by atoms with van der Waals surface area (Å²) in [6, 6.07) is 10.2. The summed E-state index contributed by atoms with van der Waals surface area (Å²) in [5.74, 6) is -1.14. The highest BCUT2D eigenvalue weighted by Gasteiger charge is 2.63. The molecule has 4 aliphatic rings. The summed E-state index contributed by atoms with van der Waals surface area (Å²) < 4.78 is 40.2. The van der Waals surface area contributed by atoms with Crippen molar-refractivity contribution in [3.8, 4) is 0 Å². The van der Waals surface area contributed by atoms with Crippen molar-refractivity contribution in [3.63, 3.8) is 0 Å². The van der Waals surface area contributed by atoms with Crippen LogP contribution in [0.3, 0.4) is 0 Å². The fourth-order valence-corrected chi connectivity index (χ4v) is 8.89. The van der Waals surface area contributed by atoms with E-state index in [9.17, 15) is 18.0 Å². The Morgan fingerprint density at radius 2 is 1.90 bits per heavy atom. The largest absolute Gasteiger partial charge is 0.463 e. The van der Waals surface area contributed by atoms with Crippen molar-refractivity contribution in [1.82, 2.24) is 9.80 Å². The number of benzene rings is 2. The normalized spacial score (nSPS) is 27.9. The fraction of sp³-hybridized carbons (Fsp3) is 0.500. The second kappa shape index (κ2) is 10.8. The van der Waals surface area contributed by atoms with Gasteiger partial charge in [-0.2, -0.15) is 0 Å². The third kappa shape index (κ3) is 5.55. The Morgan fingerprint density at radius 1 is 1.15 bits per heavy atom. The molecule has 9 nitrogen and oxygen atoms in total. The predicted octanol–water partition coefficient (Wildman–Crippen LogP) is 3.99. The quantitative estimate of drug-likeness (QED) is 0.459. The minimum absolute atomic E-state index is 0.0815. The molecule has 1 aliphatic carbocycles. The molecule has 6 rings (SSSR count). The van der Waals surface area contributed by atoms with Crippen molar-refractivity contribution < 1.29 is 27.5 Å². The van der Waals surface area contributed by atoms with Gasteiger partial charge in [0.2, 0.25) is 0 Å². The van der Waals surface area contributed by atoms with Gasteiger partial charge >= 0.3 is 5.97 Å². The second-order valence-corrected chi connectivity index (χ2v) is 14.4. The summed E-state index contributed by atoms with van der Waals surface area (Å²) in [4.78, 5) is 34.4. The van der Waals surface area contributed by atoms with E-state index >= 15 is 0 Å². The van der Waals surface area contributed by atoms with E-state index in [4.69, 9.17) is 21.1 Å². The molecule has 3 heterocycles. The van der Waals surface area contributed by atoms with Gasteiger partial charge in [0.15, 0.2) is 9.84 Å². The predicted molar refractivity (Wildman–Crippen MR) is 155 cm³/mol. The van der Waals surface area contributed by atoms with Crippen LogP contribution in [0.4, 0.5) is 0 Å². The number of sulfone groups is 1. The van der Waals surface area contributed by atoms with E-state index in [0.717, 1.165) is 49.9 Å². The first-order valence-electron chi connectivity index (χ1n) is 14.0. The third-order valence-corrected chi connectivity index (χ3v) is 11.4. The number of carbonyl (C=O) groups is 2. The molecule has 0 N–H and O–H groups in total. The number of halogens is 1. The number of aliphatic imine (C=N–C) groups is 1. The number of nitrogens with zero attached hydrogens (tertiary/aromatic N) is 3. The molecule has 1 saturated carbocycles. The number of likely N-dealkylation sites (tertiary alicyclic amines) is 1. The molecule has 2 aromatic rings. The molecule has 0 radical (unpaired) electrons. The molecule has 41 heavy (non-hydrogen) atoms. The van der Waals surface area contributed by atoms with Gasteiger partial charge in [-0.25, -0.2) is 8.42 Å². The van der Waals surface area contributed by atoms with Gasteiger partial charge in [-0.15, -0.1) is 0 Å². The van der Waals surface area contributed by atoms with Gasteiger partial charge in [-0.05, 0) is 60.7 Å². The van der Waals surface area contributed by atoms with E-state index in [1.807, 2.05) is 12.4 Å². The molecule has 2 aromatic carbocycles. The van der Waals surface area contributed by atoms with E-state index in [1.165, 1.54) is 6.92 Å². The molecule has 2 saturated heterocycles. The number of rotatable bonds is 6. The van der Waals surface area contributed by atoms with E-state index in [-0.39, 0.29) is 30.1 Å². The van der Waals surface area contributed by atoms with E-state index < -0.39 is 38.2 Å². The molecule has 3 atom stereocenters. The minimum atomic E-state index is -3.88. The molecule has 0 bridgehead atoms. The Kier molecular flexibility index (Phi) is 7.46. The lowest BCUT2D eigenvalue weighted by molar-refractivity contribution is -0.180. The molecular weight excluding hydrogens is 566 g/mol. The number of fused-ring (bicyclic) bond motifs is 2. The lowest BCUT2D eigenvalue weighted by Crippen LogP contribution is -2.54. The SMILES string of the molecule is CC(=O)OCC12CC(S(=O)(=O)c3ccc4cc(Cl)ccc4c3)CC(=O)C1CC1(CCN(CN3C=CN=CC3)CC1)O2. The molecule has 0 aromatic heterocycles. The van der Waals surface area contributed by atoms with Gasteiger partial charge in [0, 0.05) is 50.1 Å². The Hall–Kier alpha value is -2.79. The second-order valence-electron chi connectivity index (χ2n) is 11.7. The van der Waals surface area contributed by atoms with Crippen molar-refractivity contribution in [2.75, 3.05) is 32.9 Å². The first-order valence-corrected chi connectivity index (χ1v) is 15.9. The van der Waals surface area contributed by atoms with Crippen LogP contribution >= 0.6 is 11.6 Å². The van der Waals surface area contributed by atoms with E-state index in [1.54, 1.807) is 42.6 Å². The Bertz CT molecular complexity index is 1530. The van der Waals surface area contributed by atoms with Crippen LogP contribution in [-0.2, 0) is 28.9 Å². The number of hydrogen-bond donors (Lipinski definition) is 0. The van der Waals surface area contributed by atoms with Crippen molar-refractivity contribution in [2.45, 2.75) is 60.4 Å². The summed E-state index contributed by atoms with van der Waals surface area (Å²) in [6.45, 7) is 4.29. The fourth-order valence-electron chi connectivity index (χ4n) is 6.89. The number of Topliss-reactive ketones (excluding diaryl/α,β-unsaturated/α-hetero) is 1. The highest BCUT2D eigenvalue weighted by atomic mass is 35.5. The zero-order chi connectivity index (χ0) is 28.8. The van der Waals surface area contributed by atoms with Crippen molar-refractivity contribution in [3.05, 3.63) is 53.8 Å². The van der Waals surface area contributed by atoms with Crippen LogP contribution in [0.5, 0.6) is 0 Å². The first kappa shape index (κ1) is 28.3. The first-order chi connectivity index (χ1) is 19.6. The third-order valence-electron chi connectivity index (χ3n) is 9.02. The van der Waals surface area contributed by atoms with Gasteiger partial charge in [-0.3, -0.25) is 19.5 Å². The summed E-state index contributed by atoms with van der Waals surface area (Å²) in [5.41, 5.74) is -1.73. The van der Waals surface area contributed by atoms with E-state index in [0.29, 0.717) is 11.4 Å². The maximum atomic E-state index is 13.9. The molecule has 1 spiro atoms. The van der Waals surface area contributed by atoms with Gasteiger partial charge in [-0.1, -0.05) is 23.7 Å². The number of ether oxygens (including phenoxy) is 2. The maximum Gasteiger partial charge on any atom is 0.302 e. The number of carbonyl (C=O) groups excluding carboxylic acids is 2. The van der Waals surface area contributed by atoms with Gasteiger partial charge in [0.25, 0.3) is 0 Å². The van der Waals surface area contributed by atoms with E-state index in [2.05, 4.69) is 14.8 Å². The van der Waals surface area contributed by atoms with Crippen molar-refractivity contribution >= 4 is 50.2 Å². The van der Waals surface area contributed by atoms with Crippen LogP contribution in [-0.4, -0.2) is 85.5 Å². The molecular formula is C30H34ClN3O6S.